The highest BCUT2D eigenvalue weighted by Crippen LogP contribution is 2.31. The van der Waals surface area contributed by atoms with Crippen molar-refractivity contribution >= 4 is 28.4 Å². The lowest BCUT2D eigenvalue weighted by atomic mass is 9.96. The van der Waals surface area contributed by atoms with Crippen molar-refractivity contribution in [3.05, 3.63) is 17.6 Å². The smallest absolute Gasteiger partial charge is 0.176 e. The number of rotatable bonds is 1. The molecule has 3 aromatic rings. The zero-order chi connectivity index (χ0) is 12.1. The summed E-state index contributed by atoms with van der Waals surface area (Å²) in [5.41, 5.74) is 4.64. The number of nitrogens with one attached hydrogen (secondary N) is 1. The second-order valence-corrected chi connectivity index (χ2v) is 5.41. The predicted molar refractivity (Wildman–Crippen MR) is 71.1 cm³/mol. The molecule has 1 aliphatic rings. The minimum Gasteiger partial charge on any atom is -0.343 e. The van der Waals surface area contributed by atoms with Crippen LogP contribution in [0.4, 0.5) is 0 Å². The van der Waals surface area contributed by atoms with E-state index in [1.54, 1.807) is 18.1 Å². The van der Waals surface area contributed by atoms with E-state index >= 15 is 0 Å². The van der Waals surface area contributed by atoms with Crippen LogP contribution in [0.25, 0.3) is 16.7 Å². The Morgan fingerprint density at radius 1 is 1.33 bits per heavy atom. The summed E-state index contributed by atoms with van der Waals surface area (Å²) >= 11 is 1.62. The van der Waals surface area contributed by atoms with Crippen molar-refractivity contribution in [3.63, 3.8) is 0 Å². The Bertz CT molecular complexity index is 742. The summed E-state index contributed by atoms with van der Waals surface area (Å²) in [7, 11) is 0. The van der Waals surface area contributed by atoms with E-state index < -0.39 is 0 Å². The van der Waals surface area contributed by atoms with Gasteiger partial charge in [-0.05, 0) is 37.5 Å². The van der Waals surface area contributed by atoms with Gasteiger partial charge < -0.3 is 4.98 Å². The van der Waals surface area contributed by atoms with Crippen LogP contribution in [0.5, 0.6) is 0 Å². The molecule has 0 radical (unpaired) electrons. The van der Waals surface area contributed by atoms with Crippen molar-refractivity contribution < 1.29 is 0 Å². The quantitative estimate of drug-likeness (QED) is 0.537. The number of thioether (sulfide) groups is 1. The normalized spacial score (nSPS) is 15.4. The van der Waals surface area contributed by atoms with E-state index in [0.29, 0.717) is 0 Å². The molecule has 0 aromatic carbocycles. The van der Waals surface area contributed by atoms with E-state index in [9.17, 15) is 0 Å². The van der Waals surface area contributed by atoms with E-state index in [2.05, 4.69) is 20.2 Å². The molecule has 6 heteroatoms. The second-order valence-electron chi connectivity index (χ2n) is 4.64. The largest absolute Gasteiger partial charge is 0.343 e. The Morgan fingerprint density at radius 2 is 2.22 bits per heavy atom. The highest BCUT2D eigenvalue weighted by atomic mass is 32.2. The van der Waals surface area contributed by atoms with E-state index in [4.69, 9.17) is 0 Å². The third kappa shape index (κ3) is 1.26. The highest BCUT2D eigenvalue weighted by molar-refractivity contribution is 7.98. The second kappa shape index (κ2) is 3.71. The first-order chi connectivity index (χ1) is 8.88. The van der Waals surface area contributed by atoms with Crippen LogP contribution in [-0.4, -0.2) is 30.8 Å². The van der Waals surface area contributed by atoms with Crippen LogP contribution >= 0.6 is 11.8 Å². The Balaban J connectivity index is 2.18. The summed E-state index contributed by atoms with van der Waals surface area (Å²) in [5.74, 6) is 0. The maximum Gasteiger partial charge on any atom is 0.176 e. The molecule has 0 aliphatic heterocycles. The Kier molecular flexibility index (Phi) is 2.14. The molecule has 3 heterocycles. The number of aromatic amines is 1. The molecule has 0 fully saturated rings. The van der Waals surface area contributed by atoms with Gasteiger partial charge in [-0.15, -0.1) is 10.2 Å². The lowest BCUT2D eigenvalue weighted by Crippen LogP contribution is -2.00. The van der Waals surface area contributed by atoms with Crippen LogP contribution in [0.15, 0.2) is 11.5 Å². The van der Waals surface area contributed by atoms with Crippen molar-refractivity contribution in [1.29, 1.82) is 0 Å². The molecule has 0 unspecified atom stereocenters. The molecule has 1 aliphatic carbocycles. The molecule has 4 rings (SSSR count). The van der Waals surface area contributed by atoms with Crippen LogP contribution in [0.2, 0.25) is 0 Å². The average molecular weight is 259 g/mol. The molecule has 0 amide bonds. The van der Waals surface area contributed by atoms with Crippen molar-refractivity contribution in [1.82, 2.24) is 24.6 Å². The average Bonchev–Trinajstić information content (AvgIpc) is 3.00. The predicted octanol–water partition coefficient (Wildman–Crippen LogP) is 2.21. The Labute approximate surface area is 108 Å². The zero-order valence-corrected chi connectivity index (χ0v) is 10.9. The van der Waals surface area contributed by atoms with Crippen LogP contribution in [0.3, 0.4) is 0 Å². The molecule has 92 valence electrons. The van der Waals surface area contributed by atoms with Crippen molar-refractivity contribution in [2.45, 2.75) is 30.8 Å². The van der Waals surface area contributed by atoms with Gasteiger partial charge >= 0.3 is 0 Å². The van der Waals surface area contributed by atoms with Gasteiger partial charge in [0.25, 0.3) is 0 Å². The zero-order valence-electron chi connectivity index (χ0n) is 10.1. The number of nitrogens with zero attached hydrogens (tertiary/aromatic N) is 4. The third-order valence-corrected chi connectivity index (χ3v) is 4.30. The van der Waals surface area contributed by atoms with Gasteiger partial charge in [0.1, 0.15) is 12.0 Å². The fourth-order valence-corrected chi connectivity index (χ4v) is 3.34. The molecule has 0 spiro atoms. The van der Waals surface area contributed by atoms with Gasteiger partial charge in [-0.3, -0.25) is 4.40 Å². The van der Waals surface area contributed by atoms with Gasteiger partial charge in [-0.25, -0.2) is 4.98 Å². The fraction of sp³-hybridized carbons (Fsp3) is 0.417. The molecule has 5 nitrogen and oxygen atoms in total. The summed E-state index contributed by atoms with van der Waals surface area (Å²) in [4.78, 5) is 8.16. The summed E-state index contributed by atoms with van der Waals surface area (Å²) in [6.45, 7) is 0. The van der Waals surface area contributed by atoms with Gasteiger partial charge in [0.05, 0.1) is 5.39 Å². The van der Waals surface area contributed by atoms with E-state index in [-0.39, 0.29) is 0 Å². The van der Waals surface area contributed by atoms with Crippen LogP contribution < -0.4 is 0 Å². The third-order valence-electron chi connectivity index (χ3n) is 3.64. The number of hydrogen-bond acceptors (Lipinski definition) is 4. The number of aromatic nitrogens is 5. The van der Waals surface area contributed by atoms with E-state index in [1.807, 2.05) is 10.7 Å². The molecule has 0 atom stereocenters. The molecule has 0 saturated carbocycles. The minimum absolute atomic E-state index is 0.932. The van der Waals surface area contributed by atoms with Gasteiger partial charge in [0, 0.05) is 5.69 Å². The topological polar surface area (TPSA) is 58.9 Å². The van der Waals surface area contributed by atoms with Gasteiger partial charge in [-0.2, -0.15) is 0 Å². The first-order valence-corrected chi connectivity index (χ1v) is 7.38. The summed E-state index contributed by atoms with van der Waals surface area (Å²) < 4.78 is 1.98. The number of aryl methyl sites for hydroxylation is 2. The lowest BCUT2D eigenvalue weighted by Gasteiger charge is -2.10. The number of fused-ring (bicyclic) bond motifs is 5. The maximum absolute atomic E-state index is 4.69. The Morgan fingerprint density at radius 3 is 3.11 bits per heavy atom. The number of hydrogen-bond donors (Lipinski definition) is 1. The maximum atomic E-state index is 4.69. The van der Waals surface area contributed by atoms with Crippen LogP contribution in [0, 0.1) is 0 Å². The summed E-state index contributed by atoms with van der Waals surface area (Å²) in [6.07, 6.45) is 8.54. The molecule has 3 aromatic heterocycles. The van der Waals surface area contributed by atoms with Gasteiger partial charge in [-0.1, -0.05) is 11.8 Å². The molecule has 0 saturated heterocycles. The standard InChI is InChI=1S/C12H13N5S/c1-18-12-15-10-9(11-16-13-6-17(11)12)7-4-2-3-5-8(7)14-10/h6,14H,2-5H2,1H3. The molecule has 0 bridgehead atoms. The molecular weight excluding hydrogens is 246 g/mol. The van der Waals surface area contributed by atoms with Gasteiger partial charge in [0.15, 0.2) is 10.8 Å². The summed E-state index contributed by atoms with van der Waals surface area (Å²) in [5, 5.41) is 10.4. The molecule has 1 N–H and O–H groups in total. The first-order valence-electron chi connectivity index (χ1n) is 6.15. The van der Waals surface area contributed by atoms with E-state index in [1.165, 1.54) is 29.5 Å². The van der Waals surface area contributed by atoms with Crippen LogP contribution in [-0.2, 0) is 12.8 Å². The van der Waals surface area contributed by atoms with Crippen molar-refractivity contribution in [3.8, 4) is 0 Å². The summed E-state index contributed by atoms with van der Waals surface area (Å²) in [6, 6.07) is 0. The van der Waals surface area contributed by atoms with Gasteiger partial charge in [0.2, 0.25) is 0 Å². The fourth-order valence-electron chi connectivity index (χ4n) is 2.83. The highest BCUT2D eigenvalue weighted by Gasteiger charge is 2.20. The number of H-pyrrole nitrogens is 1. The monoisotopic (exact) mass is 259 g/mol. The van der Waals surface area contributed by atoms with Crippen LogP contribution in [0.1, 0.15) is 24.1 Å². The lowest BCUT2D eigenvalue weighted by molar-refractivity contribution is 0.680. The van der Waals surface area contributed by atoms with E-state index in [0.717, 1.165) is 29.3 Å². The van der Waals surface area contributed by atoms with Crippen molar-refractivity contribution in [2.75, 3.05) is 6.26 Å². The first kappa shape index (κ1) is 10.4. The Hall–Kier alpha value is -1.56. The molecular formula is C12H13N5S. The molecule has 18 heavy (non-hydrogen) atoms. The SMILES string of the molecule is CSc1nc2[nH]c3c(c2c2nncn12)CCCC3. The van der Waals surface area contributed by atoms with Crippen molar-refractivity contribution in [2.24, 2.45) is 0 Å². The minimum atomic E-state index is 0.932.